The van der Waals surface area contributed by atoms with Gasteiger partial charge in [-0.2, -0.15) is 0 Å². The maximum atomic E-state index is 3.93. The van der Waals surface area contributed by atoms with Crippen LogP contribution in [0.4, 0.5) is 0 Å². The van der Waals surface area contributed by atoms with Crippen molar-refractivity contribution in [1.29, 1.82) is 0 Å². The van der Waals surface area contributed by atoms with Crippen molar-refractivity contribution < 1.29 is 9.05 Å². The fourth-order valence-electron chi connectivity index (χ4n) is 3.60. The molecule has 2 heterocycles. The second-order valence-corrected chi connectivity index (χ2v) is 10.7. The Morgan fingerprint density at radius 3 is 1.55 bits per heavy atom. The van der Waals surface area contributed by atoms with Crippen molar-refractivity contribution in [3.63, 3.8) is 0 Å². The lowest BCUT2D eigenvalue weighted by Gasteiger charge is -2.25. The topological polar surface area (TPSA) is 16.8 Å². The summed E-state index contributed by atoms with van der Waals surface area (Å²) in [4.78, 5) is 3.93. The van der Waals surface area contributed by atoms with Crippen LogP contribution in [-0.2, 0) is 6.54 Å². The van der Waals surface area contributed by atoms with Crippen molar-refractivity contribution in [3.8, 4) is 0 Å². The first-order valence-corrected chi connectivity index (χ1v) is 12.2. The number of benzene rings is 1. The molecule has 3 heteroatoms. The Morgan fingerprint density at radius 2 is 1.18 bits per heavy atom. The molecule has 0 fully saturated rings. The highest BCUT2D eigenvalue weighted by Gasteiger charge is 2.08. The van der Waals surface area contributed by atoms with Crippen molar-refractivity contribution in [2.24, 2.45) is 5.92 Å². The van der Waals surface area contributed by atoms with Crippen LogP contribution < -0.4 is 4.57 Å². The molecule has 3 rings (SSSR count). The van der Waals surface area contributed by atoms with Gasteiger partial charge in [0.25, 0.3) is 0 Å². The second-order valence-electron chi connectivity index (χ2n) is 10.7. The van der Waals surface area contributed by atoms with Crippen LogP contribution in [0.15, 0.2) is 79.4 Å². The van der Waals surface area contributed by atoms with Crippen LogP contribution in [0.3, 0.4) is 0 Å². The first-order chi connectivity index (χ1) is 15.5. The SMILES string of the molecule is CC(C)C[N+](C)(C)C.CC(C)c1cc[n+](Cc2ccccc2)cc1.CC(C)c1ccncc1. The van der Waals surface area contributed by atoms with Gasteiger partial charge in [-0.05, 0) is 35.1 Å². The Morgan fingerprint density at radius 1 is 0.697 bits per heavy atom. The molecule has 33 heavy (non-hydrogen) atoms. The predicted molar refractivity (Wildman–Crippen MR) is 142 cm³/mol. The lowest BCUT2D eigenvalue weighted by Crippen LogP contribution is -2.37. The zero-order valence-electron chi connectivity index (χ0n) is 22.5. The van der Waals surface area contributed by atoms with Gasteiger partial charge < -0.3 is 4.48 Å². The summed E-state index contributed by atoms with van der Waals surface area (Å²) in [6.45, 7) is 15.5. The zero-order chi connectivity index (χ0) is 24.9. The number of pyridine rings is 2. The Hall–Kier alpha value is -2.52. The fourth-order valence-corrected chi connectivity index (χ4v) is 3.60. The molecule has 0 radical (unpaired) electrons. The highest BCUT2D eigenvalue weighted by molar-refractivity contribution is 5.15. The quantitative estimate of drug-likeness (QED) is 0.302. The summed E-state index contributed by atoms with van der Waals surface area (Å²) in [6.07, 6.45) is 7.97. The zero-order valence-corrected chi connectivity index (χ0v) is 22.5. The van der Waals surface area contributed by atoms with Gasteiger partial charge in [-0.25, -0.2) is 4.57 Å². The molecule has 0 bridgehead atoms. The largest absolute Gasteiger partial charge is 0.331 e. The molecule has 1 aromatic carbocycles. The normalized spacial score (nSPS) is 11.0. The molecule has 180 valence electrons. The van der Waals surface area contributed by atoms with Gasteiger partial charge in [0.15, 0.2) is 18.9 Å². The van der Waals surface area contributed by atoms with Crippen LogP contribution in [0.25, 0.3) is 0 Å². The lowest BCUT2D eigenvalue weighted by molar-refractivity contribution is -0.873. The smallest absolute Gasteiger partial charge is 0.173 e. The van der Waals surface area contributed by atoms with Gasteiger partial charge in [0.2, 0.25) is 0 Å². The average Bonchev–Trinajstić information content (AvgIpc) is 2.75. The summed E-state index contributed by atoms with van der Waals surface area (Å²) < 4.78 is 3.29. The van der Waals surface area contributed by atoms with Gasteiger partial charge in [-0.1, -0.05) is 71.9 Å². The summed E-state index contributed by atoms with van der Waals surface area (Å²) >= 11 is 0. The van der Waals surface area contributed by atoms with E-state index in [2.05, 4.69) is 127 Å². The van der Waals surface area contributed by atoms with Gasteiger partial charge in [0, 0.05) is 36.0 Å². The highest BCUT2D eigenvalue weighted by atomic mass is 15.3. The van der Waals surface area contributed by atoms with Crippen LogP contribution in [-0.4, -0.2) is 37.2 Å². The summed E-state index contributed by atoms with van der Waals surface area (Å²) in [5, 5.41) is 0. The predicted octanol–water partition coefficient (Wildman–Crippen LogP) is 6.70. The molecule has 0 atom stereocenters. The minimum Gasteiger partial charge on any atom is -0.331 e. The van der Waals surface area contributed by atoms with Crippen molar-refractivity contribution in [1.82, 2.24) is 4.98 Å². The van der Waals surface area contributed by atoms with E-state index in [1.165, 1.54) is 23.2 Å². The second kappa shape index (κ2) is 14.6. The molecule has 0 aliphatic carbocycles. The maximum absolute atomic E-state index is 3.93. The molecule has 3 aromatic rings. The minimum atomic E-state index is 0.603. The molecule has 0 N–H and O–H groups in total. The number of rotatable bonds is 6. The van der Waals surface area contributed by atoms with Crippen LogP contribution in [0, 0.1) is 5.92 Å². The van der Waals surface area contributed by atoms with Gasteiger partial charge in [0.1, 0.15) is 0 Å². The van der Waals surface area contributed by atoms with E-state index < -0.39 is 0 Å². The van der Waals surface area contributed by atoms with E-state index in [9.17, 15) is 0 Å². The van der Waals surface area contributed by atoms with Crippen molar-refractivity contribution in [2.45, 2.75) is 59.9 Å². The molecule has 0 aliphatic rings. The highest BCUT2D eigenvalue weighted by Crippen LogP contribution is 2.11. The van der Waals surface area contributed by atoms with Gasteiger partial charge in [0.05, 0.1) is 27.7 Å². The Balaban J connectivity index is 0.000000273. The summed E-state index contributed by atoms with van der Waals surface area (Å²) in [5.41, 5.74) is 4.08. The number of quaternary nitrogens is 1. The molecule has 0 unspecified atom stereocenters. The van der Waals surface area contributed by atoms with E-state index in [4.69, 9.17) is 0 Å². The van der Waals surface area contributed by atoms with E-state index in [1.54, 1.807) is 0 Å². The molecule has 0 saturated carbocycles. The standard InChI is InChI=1S/C15H18N.C8H11N.C7H18N/c1-13(2)15-8-10-16(11-9-15)12-14-6-4-3-5-7-14;1-7(2)8-3-5-9-6-4-8;1-7(2)6-8(3,4)5/h3-11,13H,12H2,1-2H3;3-7H,1-2H3;7H,6H2,1-5H3/q+1;;+1. The third kappa shape index (κ3) is 13.6. The number of hydrogen-bond donors (Lipinski definition) is 0. The Kier molecular flexibility index (Phi) is 12.6. The molecular formula is C30H47N3+2. The van der Waals surface area contributed by atoms with Crippen molar-refractivity contribution in [3.05, 3.63) is 96.1 Å². The molecule has 2 aromatic heterocycles. The molecule has 3 nitrogen and oxygen atoms in total. The summed E-state index contributed by atoms with van der Waals surface area (Å²) in [6, 6.07) is 19.0. The van der Waals surface area contributed by atoms with Crippen LogP contribution >= 0.6 is 0 Å². The third-order valence-electron chi connectivity index (χ3n) is 5.08. The average molecular weight is 450 g/mol. The van der Waals surface area contributed by atoms with Crippen LogP contribution in [0.5, 0.6) is 0 Å². The number of hydrogen-bond acceptors (Lipinski definition) is 1. The Bertz CT molecular complexity index is 862. The van der Waals surface area contributed by atoms with E-state index in [-0.39, 0.29) is 0 Å². The van der Waals surface area contributed by atoms with Crippen LogP contribution in [0.1, 0.15) is 70.1 Å². The number of nitrogens with zero attached hydrogens (tertiary/aromatic N) is 3. The van der Waals surface area contributed by atoms with Gasteiger partial charge >= 0.3 is 0 Å². The Labute approximate surface area is 203 Å². The third-order valence-corrected chi connectivity index (χ3v) is 5.08. The van der Waals surface area contributed by atoms with E-state index >= 15 is 0 Å². The van der Waals surface area contributed by atoms with Gasteiger partial charge in [-0.15, -0.1) is 0 Å². The number of aromatic nitrogens is 2. The van der Waals surface area contributed by atoms with Crippen molar-refractivity contribution in [2.75, 3.05) is 27.7 Å². The lowest BCUT2D eigenvalue weighted by atomic mass is 10.1. The van der Waals surface area contributed by atoms with E-state index in [0.29, 0.717) is 11.8 Å². The van der Waals surface area contributed by atoms with Crippen LogP contribution in [0.2, 0.25) is 0 Å². The fraction of sp³-hybridized carbons (Fsp3) is 0.467. The monoisotopic (exact) mass is 449 g/mol. The summed E-state index contributed by atoms with van der Waals surface area (Å²) in [5.74, 6) is 2.04. The molecule has 0 amide bonds. The molecular weight excluding hydrogens is 402 g/mol. The molecule has 0 aliphatic heterocycles. The van der Waals surface area contributed by atoms with Crippen molar-refractivity contribution >= 4 is 0 Å². The molecule has 0 spiro atoms. The summed E-state index contributed by atoms with van der Waals surface area (Å²) in [7, 11) is 6.67. The maximum Gasteiger partial charge on any atom is 0.173 e. The van der Waals surface area contributed by atoms with Gasteiger partial charge in [-0.3, -0.25) is 4.98 Å². The van der Waals surface area contributed by atoms with E-state index in [1.807, 2.05) is 24.5 Å². The molecule has 0 saturated heterocycles. The minimum absolute atomic E-state index is 0.603. The van der Waals surface area contributed by atoms with E-state index in [0.717, 1.165) is 16.9 Å². The first-order valence-electron chi connectivity index (χ1n) is 12.2. The first kappa shape index (κ1) is 28.5.